The number of thiophene rings is 1. The number of carbonyl (C=O) groups is 1. The van der Waals surface area contributed by atoms with Gasteiger partial charge in [-0.2, -0.15) is 11.3 Å². The van der Waals surface area contributed by atoms with E-state index >= 15 is 0 Å². The van der Waals surface area contributed by atoms with Crippen LogP contribution in [0.5, 0.6) is 17.2 Å². The highest BCUT2D eigenvalue weighted by atomic mass is 32.1. The van der Waals surface area contributed by atoms with Gasteiger partial charge in [0.15, 0.2) is 11.5 Å². The van der Waals surface area contributed by atoms with Crippen LogP contribution in [0.2, 0.25) is 0 Å². The molecule has 0 aliphatic carbocycles. The minimum atomic E-state index is -0.146. The fourth-order valence-corrected chi connectivity index (χ4v) is 3.93. The number of amides is 1. The summed E-state index contributed by atoms with van der Waals surface area (Å²) in [5.41, 5.74) is 1.72. The van der Waals surface area contributed by atoms with Crippen molar-refractivity contribution in [3.8, 4) is 17.2 Å². The van der Waals surface area contributed by atoms with Crippen LogP contribution in [0, 0.1) is 0 Å². The standard InChI is InChI=1S/C25H30N2O4S/c1-4-29-24-16-19(25(28)26-17-22(27(2)3)20-12-15-32-18-20)10-11-23(24)31-14-13-30-21-8-6-5-7-9-21/h5-12,15-16,18,22H,4,13-14,17H2,1-3H3,(H,26,28). The van der Waals surface area contributed by atoms with E-state index in [4.69, 9.17) is 14.2 Å². The molecular weight excluding hydrogens is 424 g/mol. The van der Waals surface area contributed by atoms with Gasteiger partial charge in [-0.15, -0.1) is 0 Å². The molecule has 32 heavy (non-hydrogen) atoms. The van der Waals surface area contributed by atoms with Crippen molar-refractivity contribution in [1.29, 1.82) is 0 Å². The summed E-state index contributed by atoms with van der Waals surface area (Å²) in [5, 5.41) is 7.19. The number of nitrogens with one attached hydrogen (secondary N) is 1. The third-order valence-electron chi connectivity index (χ3n) is 4.87. The van der Waals surface area contributed by atoms with Crippen molar-refractivity contribution in [3.05, 3.63) is 76.5 Å². The maximum Gasteiger partial charge on any atom is 0.251 e. The third-order valence-corrected chi connectivity index (χ3v) is 5.57. The SMILES string of the molecule is CCOc1cc(C(=O)NCC(c2ccsc2)N(C)C)ccc1OCCOc1ccccc1. The summed E-state index contributed by atoms with van der Waals surface area (Å²) in [5.74, 6) is 1.78. The van der Waals surface area contributed by atoms with Gasteiger partial charge in [0, 0.05) is 12.1 Å². The van der Waals surface area contributed by atoms with Gasteiger partial charge < -0.3 is 24.4 Å². The molecule has 1 N–H and O–H groups in total. The molecule has 0 bridgehead atoms. The zero-order valence-electron chi connectivity index (χ0n) is 18.7. The molecule has 1 amide bonds. The number of ether oxygens (including phenoxy) is 3. The Kier molecular flexibility index (Phi) is 8.95. The lowest BCUT2D eigenvalue weighted by atomic mass is 10.1. The van der Waals surface area contributed by atoms with Gasteiger partial charge in [0.1, 0.15) is 19.0 Å². The Morgan fingerprint density at radius 2 is 1.78 bits per heavy atom. The Balaban J connectivity index is 1.58. The van der Waals surface area contributed by atoms with Crippen molar-refractivity contribution >= 4 is 17.2 Å². The topological polar surface area (TPSA) is 60.0 Å². The van der Waals surface area contributed by atoms with Crippen LogP contribution in [0.3, 0.4) is 0 Å². The van der Waals surface area contributed by atoms with Gasteiger partial charge in [-0.1, -0.05) is 18.2 Å². The van der Waals surface area contributed by atoms with Crippen LogP contribution in [-0.4, -0.2) is 51.3 Å². The minimum absolute atomic E-state index is 0.115. The molecule has 1 heterocycles. The van der Waals surface area contributed by atoms with Crippen LogP contribution in [0.25, 0.3) is 0 Å². The van der Waals surface area contributed by atoms with E-state index < -0.39 is 0 Å². The van der Waals surface area contributed by atoms with Crippen molar-refractivity contribution in [1.82, 2.24) is 10.2 Å². The number of hydrogen-bond donors (Lipinski definition) is 1. The highest BCUT2D eigenvalue weighted by Crippen LogP contribution is 2.29. The number of rotatable bonds is 12. The molecule has 0 aliphatic rings. The molecule has 6 nitrogen and oxygen atoms in total. The smallest absolute Gasteiger partial charge is 0.251 e. The van der Waals surface area contributed by atoms with E-state index in [1.54, 1.807) is 29.5 Å². The van der Waals surface area contributed by atoms with Crippen molar-refractivity contribution in [2.45, 2.75) is 13.0 Å². The Bertz CT molecular complexity index is 961. The molecule has 7 heteroatoms. The number of nitrogens with zero attached hydrogens (tertiary/aromatic N) is 1. The predicted octanol–water partition coefficient (Wildman–Crippen LogP) is 4.64. The van der Waals surface area contributed by atoms with E-state index in [0.717, 1.165) is 5.75 Å². The Labute approximate surface area is 193 Å². The Morgan fingerprint density at radius 3 is 2.47 bits per heavy atom. The number of benzene rings is 2. The second kappa shape index (κ2) is 12.1. The number of hydrogen-bond acceptors (Lipinski definition) is 6. The first-order valence-corrected chi connectivity index (χ1v) is 11.6. The van der Waals surface area contributed by atoms with Gasteiger partial charge in [-0.05, 0) is 73.7 Å². The van der Waals surface area contributed by atoms with Gasteiger partial charge in [0.25, 0.3) is 5.91 Å². The molecule has 0 aliphatic heterocycles. The van der Waals surface area contributed by atoms with Crippen molar-refractivity contribution in [3.63, 3.8) is 0 Å². The second-order valence-corrected chi connectivity index (χ2v) is 8.13. The lowest BCUT2D eigenvalue weighted by Gasteiger charge is -2.24. The highest BCUT2D eigenvalue weighted by molar-refractivity contribution is 7.07. The van der Waals surface area contributed by atoms with Crippen LogP contribution in [0.4, 0.5) is 0 Å². The quantitative estimate of drug-likeness (QED) is 0.404. The van der Waals surface area contributed by atoms with Gasteiger partial charge >= 0.3 is 0 Å². The molecule has 0 saturated heterocycles. The average Bonchev–Trinajstić information content (AvgIpc) is 3.32. The van der Waals surface area contributed by atoms with Crippen molar-refractivity contribution in [2.75, 3.05) is 40.5 Å². The van der Waals surface area contributed by atoms with Gasteiger partial charge in [-0.25, -0.2) is 0 Å². The summed E-state index contributed by atoms with van der Waals surface area (Å²) in [6, 6.07) is 17.0. The highest BCUT2D eigenvalue weighted by Gasteiger charge is 2.17. The molecule has 0 radical (unpaired) electrons. The molecule has 2 aromatic carbocycles. The van der Waals surface area contributed by atoms with Crippen LogP contribution < -0.4 is 19.5 Å². The second-order valence-electron chi connectivity index (χ2n) is 7.35. The first kappa shape index (κ1) is 23.6. The van der Waals surface area contributed by atoms with Gasteiger partial charge in [0.2, 0.25) is 0 Å². The number of para-hydroxylation sites is 1. The zero-order chi connectivity index (χ0) is 22.8. The van der Waals surface area contributed by atoms with Crippen LogP contribution >= 0.6 is 11.3 Å². The normalized spacial score (nSPS) is 11.8. The monoisotopic (exact) mass is 454 g/mol. The maximum atomic E-state index is 12.8. The van der Waals surface area contributed by atoms with Gasteiger partial charge in [0.05, 0.1) is 12.6 Å². The summed E-state index contributed by atoms with van der Waals surface area (Å²) in [6.45, 7) is 3.67. The van der Waals surface area contributed by atoms with Crippen molar-refractivity contribution < 1.29 is 19.0 Å². The summed E-state index contributed by atoms with van der Waals surface area (Å²) in [4.78, 5) is 14.9. The summed E-state index contributed by atoms with van der Waals surface area (Å²) in [6.07, 6.45) is 0. The van der Waals surface area contributed by atoms with E-state index in [1.165, 1.54) is 5.56 Å². The van der Waals surface area contributed by atoms with Gasteiger partial charge in [-0.3, -0.25) is 4.79 Å². The number of likely N-dealkylation sites (N-methyl/N-ethyl adjacent to an activating group) is 1. The Hall–Kier alpha value is -3.03. The molecular formula is C25H30N2O4S. The molecule has 1 aromatic heterocycles. The van der Waals surface area contributed by atoms with Crippen LogP contribution in [0.1, 0.15) is 28.9 Å². The largest absolute Gasteiger partial charge is 0.490 e. The number of carbonyl (C=O) groups excluding carboxylic acids is 1. The molecule has 0 spiro atoms. The Morgan fingerprint density at radius 1 is 1.00 bits per heavy atom. The lowest BCUT2D eigenvalue weighted by molar-refractivity contribution is 0.0941. The van der Waals surface area contributed by atoms with Crippen LogP contribution in [0.15, 0.2) is 65.4 Å². The molecule has 1 unspecified atom stereocenters. The first-order valence-electron chi connectivity index (χ1n) is 10.6. The van der Waals surface area contributed by atoms with E-state index in [9.17, 15) is 4.79 Å². The average molecular weight is 455 g/mol. The minimum Gasteiger partial charge on any atom is -0.490 e. The fraction of sp³-hybridized carbons (Fsp3) is 0.320. The molecule has 1 atom stereocenters. The maximum absolute atomic E-state index is 12.8. The zero-order valence-corrected chi connectivity index (χ0v) is 19.6. The van der Waals surface area contributed by atoms with Crippen molar-refractivity contribution in [2.24, 2.45) is 0 Å². The third kappa shape index (κ3) is 6.73. The van der Waals surface area contributed by atoms with Crippen LogP contribution in [-0.2, 0) is 0 Å². The summed E-state index contributed by atoms with van der Waals surface area (Å²) in [7, 11) is 4.02. The molecule has 170 valence electrons. The van der Waals surface area contributed by atoms with E-state index in [0.29, 0.717) is 43.4 Å². The molecule has 3 aromatic rings. The first-order chi connectivity index (χ1) is 15.6. The fourth-order valence-electron chi connectivity index (χ4n) is 3.22. The summed E-state index contributed by atoms with van der Waals surface area (Å²) < 4.78 is 17.2. The van der Waals surface area contributed by atoms with E-state index in [2.05, 4.69) is 21.7 Å². The molecule has 0 fully saturated rings. The lowest BCUT2D eigenvalue weighted by Crippen LogP contribution is -2.34. The molecule has 0 saturated carbocycles. The summed E-state index contributed by atoms with van der Waals surface area (Å²) >= 11 is 1.65. The predicted molar refractivity (Wildman–Crippen MR) is 128 cm³/mol. The molecule has 3 rings (SSSR count). The van der Waals surface area contributed by atoms with E-state index in [-0.39, 0.29) is 11.9 Å². The van der Waals surface area contributed by atoms with E-state index in [1.807, 2.05) is 56.7 Å².